The zero-order valence-corrected chi connectivity index (χ0v) is 22.1. The molecular formula is C27H29N7OS. The number of nitrogens with zero attached hydrogens (tertiary/aromatic N) is 7. The summed E-state index contributed by atoms with van der Waals surface area (Å²) in [4.78, 5) is 27.1. The number of fused-ring (bicyclic) bond motifs is 1. The number of benzene rings is 1. The molecule has 0 radical (unpaired) electrons. The molecule has 0 aliphatic rings. The first-order valence-electron chi connectivity index (χ1n) is 11.9. The van der Waals surface area contributed by atoms with E-state index in [1.165, 1.54) is 16.1 Å². The fourth-order valence-electron chi connectivity index (χ4n) is 4.43. The van der Waals surface area contributed by atoms with E-state index >= 15 is 0 Å². The quantitative estimate of drug-likeness (QED) is 0.296. The van der Waals surface area contributed by atoms with E-state index in [9.17, 15) is 4.79 Å². The highest BCUT2D eigenvalue weighted by Gasteiger charge is 2.25. The molecule has 5 aromatic rings. The van der Waals surface area contributed by atoms with Gasteiger partial charge in [0.1, 0.15) is 12.7 Å². The van der Waals surface area contributed by atoms with Gasteiger partial charge in [0, 0.05) is 28.4 Å². The zero-order chi connectivity index (χ0) is 25.6. The highest BCUT2D eigenvalue weighted by molar-refractivity contribution is 7.12. The van der Waals surface area contributed by atoms with E-state index in [1.807, 2.05) is 49.0 Å². The molecule has 184 valence electrons. The maximum atomic E-state index is 13.9. The fourth-order valence-corrected chi connectivity index (χ4v) is 5.37. The van der Waals surface area contributed by atoms with Crippen molar-refractivity contribution in [2.45, 2.75) is 46.7 Å². The Balaban J connectivity index is 1.53. The molecule has 0 spiro atoms. The Morgan fingerprint density at radius 2 is 1.81 bits per heavy atom. The largest absolute Gasteiger partial charge is 0.335 e. The number of pyridine rings is 1. The van der Waals surface area contributed by atoms with Gasteiger partial charge in [-0.3, -0.25) is 4.79 Å². The second kappa shape index (κ2) is 9.31. The van der Waals surface area contributed by atoms with Crippen LogP contribution < -0.4 is 0 Å². The van der Waals surface area contributed by atoms with Crippen LogP contribution in [-0.2, 0) is 0 Å². The molecule has 0 saturated carbocycles. The maximum absolute atomic E-state index is 13.9. The summed E-state index contributed by atoms with van der Waals surface area (Å²) in [6.07, 6.45) is 4.93. The van der Waals surface area contributed by atoms with Crippen LogP contribution in [0.4, 0.5) is 0 Å². The highest BCUT2D eigenvalue weighted by Crippen LogP contribution is 2.33. The third-order valence-electron chi connectivity index (χ3n) is 6.56. The molecule has 1 amide bonds. The van der Waals surface area contributed by atoms with Gasteiger partial charge in [-0.1, -0.05) is 12.1 Å². The Labute approximate surface area is 214 Å². The first kappa shape index (κ1) is 23.9. The number of hydrogen-bond acceptors (Lipinski definition) is 6. The van der Waals surface area contributed by atoms with E-state index in [1.54, 1.807) is 33.4 Å². The van der Waals surface area contributed by atoms with Gasteiger partial charge in [-0.05, 0) is 64.4 Å². The number of aromatic nitrogens is 6. The van der Waals surface area contributed by atoms with Crippen LogP contribution in [0, 0.1) is 13.8 Å². The van der Waals surface area contributed by atoms with Crippen molar-refractivity contribution in [3.63, 3.8) is 0 Å². The summed E-state index contributed by atoms with van der Waals surface area (Å²) < 4.78 is 3.59. The van der Waals surface area contributed by atoms with Crippen LogP contribution >= 0.6 is 11.3 Å². The second-order valence-corrected chi connectivity index (χ2v) is 10.8. The molecule has 0 N–H and O–H groups in total. The smallest absolute Gasteiger partial charge is 0.254 e. The van der Waals surface area contributed by atoms with E-state index in [2.05, 4.69) is 48.9 Å². The van der Waals surface area contributed by atoms with Crippen LogP contribution in [0.25, 0.3) is 28.0 Å². The molecule has 4 heterocycles. The van der Waals surface area contributed by atoms with Gasteiger partial charge in [0.15, 0.2) is 5.65 Å². The summed E-state index contributed by atoms with van der Waals surface area (Å²) in [6, 6.07) is 12.1. The van der Waals surface area contributed by atoms with Crippen molar-refractivity contribution in [2.24, 2.45) is 0 Å². The predicted octanol–water partition coefficient (Wildman–Crippen LogP) is 5.77. The number of thiophene rings is 1. The molecule has 5 rings (SSSR count). The Morgan fingerprint density at radius 1 is 1.06 bits per heavy atom. The second-order valence-electron chi connectivity index (χ2n) is 9.33. The molecule has 0 saturated heterocycles. The van der Waals surface area contributed by atoms with Crippen LogP contribution in [0.15, 0.2) is 55.2 Å². The number of amides is 1. The molecule has 0 bridgehead atoms. The summed E-state index contributed by atoms with van der Waals surface area (Å²) in [5.41, 5.74) is 5.15. The lowest BCUT2D eigenvalue weighted by molar-refractivity contribution is 0.0744. The van der Waals surface area contributed by atoms with Gasteiger partial charge in [-0.25, -0.2) is 19.3 Å². The average Bonchev–Trinajstić information content (AvgIpc) is 3.62. The molecule has 36 heavy (non-hydrogen) atoms. The fraction of sp³-hybridized carbons (Fsp3) is 0.296. The monoisotopic (exact) mass is 499 g/mol. The van der Waals surface area contributed by atoms with Crippen molar-refractivity contribution in [1.29, 1.82) is 0 Å². The zero-order valence-electron chi connectivity index (χ0n) is 21.3. The van der Waals surface area contributed by atoms with Gasteiger partial charge in [-0.2, -0.15) is 10.2 Å². The number of rotatable bonds is 6. The molecule has 0 aliphatic carbocycles. The summed E-state index contributed by atoms with van der Waals surface area (Å²) in [5.74, 6) is -0.0654. The van der Waals surface area contributed by atoms with Gasteiger partial charge >= 0.3 is 0 Å². The molecule has 8 nitrogen and oxygen atoms in total. The first-order valence-corrected chi connectivity index (χ1v) is 12.7. The Bertz CT molecular complexity index is 1530. The minimum atomic E-state index is -0.140. The molecule has 1 aromatic carbocycles. The van der Waals surface area contributed by atoms with Crippen LogP contribution in [0.2, 0.25) is 0 Å². The van der Waals surface area contributed by atoms with E-state index in [0.29, 0.717) is 5.56 Å². The molecule has 9 heteroatoms. The summed E-state index contributed by atoms with van der Waals surface area (Å²) in [5, 5.41) is 9.51. The first-order chi connectivity index (χ1) is 17.2. The molecule has 0 unspecified atom stereocenters. The van der Waals surface area contributed by atoms with E-state index in [0.717, 1.165) is 33.5 Å². The van der Waals surface area contributed by atoms with Gasteiger partial charge < -0.3 is 4.90 Å². The van der Waals surface area contributed by atoms with Crippen LogP contribution in [-0.4, -0.2) is 47.4 Å². The Morgan fingerprint density at radius 3 is 2.42 bits per heavy atom. The minimum absolute atomic E-state index is 0.0654. The van der Waals surface area contributed by atoms with Crippen molar-refractivity contribution in [3.05, 3.63) is 76.1 Å². The van der Waals surface area contributed by atoms with Gasteiger partial charge in [0.25, 0.3) is 5.91 Å². The van der Waals surface area contributed by atoms with Crippen molar-refractivity contribution in [3.8, 4) is 16.9 Å². The van der Waals surface area contributed by atoms with Crippen molar-refractivity contribution in [1.82, 2.24) is 34.4 Å². The SMILES string of the molecule is Cc1cc(-c2cc(C(=O)N(C)[C@@H](C)c3ccc(-n4cncn4)cc3)c3cnn(C(C)C)c3n2)c(C)s1. The van der Waals surface area contributed by atoms with Crippen molar-refractivity contribution in [2.75, 3.05) is 7.05 Å². The number of carbonyl (C=O) groups is 1. The summed E-state index contributed by atoms with van der Waals surface area (Å²) >= 11 is 1.74. The van der Waals surface area contributed by atoms with Crippen LogP contribution in [0.5, 0.6) is 0 Å². The Kier molecular flexibility index (Phi) is 6.17. The van der Waals surface area contributed by atoms with Crippen molar-refractivity contribution >= 4 is 28.3 Å². The molecular weight excluding hydrogens is 470 g/mol. The molecule has 4 aromatic heterocycles. The van der Waals surface area contributed by atoms with Gasteiger partial charge in [-0.15, -0.1) is 11.3 Å². The van der Waals surface area contributed by atoms with Gasteiger partial charge in [0.05, 0.1) is 34.6 Å². The highest BCUT2D eigenvalue weighted by atomic mass is 32.1. The molecule has 0 aliphatic heterocycles. The normalized spacial score (nSPS) is 12.4. The molecule has 0 fully saturated rings. The number of hydrogen-bond donors (Lipinski definition) is 0. The third-order valence-corrected chi connectivity index (χ3v) is 7.53. The average molecular weight is 500 g/mol. The molecule has 1 atom stereocenters. The maximum Gasteiger partial charge on any atom is 0.254 e. The van der Waals surface area contributed by atoms with Crippen LogP contribution in [0.1, 0.15) is 58.5 Å². The van der Waals surface area contributed by atoms with E-state index in [-0.39, 0.29) is 18.0 Å². The van der Waals surface area contributed by atoms with E-state index in [4.69, 9.17) is 4.98 Å². The standard InChI is InChI=1S/C27H29N7OS/c1-16(2)34-26-24(13-29-34)23(12-25(31-26)22-11-17(3)36-19(22)5)27(35)32(6)18(4)20-7-9-21(10-8-20)33-15-28-14-30-33/h7-16,18H,1-6H3/t18-/m0/s1. The number of carbonyl (C=O) groups excluding carboxylic acids is 1. The lowest BCUT2D eigenvalue weighted by Crippen LogP contribution is -2.30. The van der Waals surface area contributed by atoms with Crippen molar-refractivity contribution < 1.29 is 4.79 Å². The Hall–Kier alpha value is -3.85. The van der Waals surface area contributed by atoms with E-state index < -0.39 is 0 Å². The summed E-state index contributed by atoms with van der Waals surface area (Å²) in [6.45, 7) is 10.4. The lowest BCUT2D eigenvalue weighted by Gasteiger charge is -2.26. The lowest BCUT2D eigenvalue weighted by atomic mass is 10.0. The topological polar surface area (TPSA) is 81.7 Å². The minimum Gasteiger partial charge on any atom is -0.335 e. The summed E-state index contributed by atoms with van der Waals surface area (Å²) in [7, 11) is 1.84. The third kappa shape index (κ3) is 4.19. The van der Waals surface area contributed by atoms with Crippen LogP contribution in [0.3, 0.4) is 0 Å². The van der Waals surface area contributed by atoms with Gasteiger partial charge in [0.2, 0.25) is 0 Å². The predicted molar refractivity (Wildman–Crippen MR) is 143 cm³/mol. The number of aryl methyl sites for hydroxylation is 2.